The monoisotopic (exact) mass is 341 g/mol. The molecule has 0 radical (unpaired) electrons. The molecule has 0 aromatic carbocycles. The Hall–Kier alpha value is 0.230. The molecule has 1 aliphatic heterocycles. The average molecular weight is 342 g/mol. The number of hydrogen-bond acceptors (Lipinski definition) is 1. The molecule has 2 fully saturated rings. The van der Waals surface area contributed by atoms with Crippen LogP contribution in [0.4, 0.5) is 13.2 Å². The summed E-state index contributed by atoms with van der Waals surface area (Å²) in [6.07, 6.45) is 3.01. The van der Waals surface area contributed by atoms with Crippen LogP contribution in [-0.2, 0) is 0 Å². The summed E-state index contributed by atoms with van der Waals surface area (Å²) in [7, 11) is 0. The largest absolute Gasteiger partial charge is 0.393 e. The third-order valence-electron chi connectivity index (χ3n) is 4.73. The smallest absolute Gasteiger partial charge is 0.302 e. The summed E-state index contributed by atoms with van der Waals surface area (Å²) < 4.78 is 38.5. The lowest BCUT2D eigenvalue weighted by atomic mass is 9.75. The number of likely N-dealkylation sites (tertiary alicyclic amines) is 1. The summed E-state index contributed by atoms with van der Waals surface area (Å²) in [6, 6.07) is 0. The summed E-state index contributed by atoms with van der Waals surface area (Å²) in [5.74, 6) is -1.11. The molecule has 1 heterocycles. The molecule has 5 heteroatoms. The lowest BCUT2D eigenvalue weighted by molar-refractivity contribution is -0.187. The van der Waals surface area contributed by atoms with E-state index in [0.29, 0.717) is 12.8 Å². The second-order valence-electron chi connectivity index (χ2n) is 6.31. The molecule has 1 unspecified atom stereocenters. The molecule has 2 rings (SSSR count). The highest BCUT2D eigenvalue weighted by Crippen LogP contribution is 2.40. The van der Waals surface area contributed by atoms with E-state index in [9.17, 15) is 13.2 Å². The van der Waals surface area contributed by atoms with Crippen molar-refractivity contribution < 1.29 is 13.2 Å². The molecule has 1 atom stereocenters. The Kier molecular flexibility index (Phi) is 5.21. The molecule has 1 nitrogen and oxygen atoms in total. The van der Waals surface area contributed by atoms with Gasteiger partial charge in [-0.2, -0.15) is 13.2 Å². The van der Waals surface area contributed by atoms with Crippen molar-refractivity contribution in [2.45, 2.75) is 51.1 Å². The third-order valence-corrected chi connectivity index (χ3v) is 5.91. The van der Waals surface area contributed by atoms with E-state index in [2.05, 4.69) is 20.8 Å². The third kappa shape index (κ3) is 4.10. The molecule has 0 amide bonds. The quantitative estimate of drug-likeness (QED) is 0.677. The SMILES string of the molecule is FC(F)(F)C1CCCN(CC2(CBr)CCCCC2)C1. The van der Waals surface area contributed by atoms with Crippen LogP contribution in [0.25, 0.3) is 0 Å². The van der Waals surface area contributed by atoms with E-state index >= 15 is 0 Å². The summed E-state index contributed by atoms with van der Waals surface area (Å²) >= 11 is 3.60. The molecule has 2 aliphatic rings. The van der Waals surface area contributed by atoms with Crippen molar-refractivity contribution in [2.24, 2.45) is 11.3 Å². The highest BCUT2D eigenvalue weighted by atomic mass is 79.9. The molecular formula is C14H23BrF3N. The molecule has 1 saturated carbocycles. The second-order valence-corrected chi connectivity index (χ2v) is 6.87. The molecule has 0 bridgehead atoms. The van der Waals surface area contributed by atoms with Gasteiger partial charge >= 0.3 is 6.18 Å². The first-order chi connectivity index (χ1) is 8.95. The number of hydrogen-bond donors (Lipinski definition) is 0. The number of rotatable bonds is 3. The van der Waals surface area contributed by atoms with Gasteiger partial charge in [0.1, 0.15) is 0 Å². The van der Waals surface area contributed by atoms with Crippen LogP contribution in [0.15, 0.2) is 0 Å². The van der Waals surface area contributed by atoms with Gasteiger partial charge in [0.05, 0.1) is 5.92 Å². The summed E-state index contributed by atoms with van der Waals surface area (Å²) in [4.78, 5) is 2.06. The molecule has 112 valence electrons. The van der Waals surface area contributed by atoms with Gasteiger partial charge < -0.3 is 4.90 Å². The van der Waals surface area contributed by atoms with Crippen molar-refractivity contribution in [3.63, 3.8) is 0 Å². The van der Waals surface area contributed by atoms with Crippen LogP contribution in [0.2, 0.25) is 0 Å². The van der Waals surface area contributed by atoms with Gasteiger partial charge in [-0.3, -0.25) is 0 Å². The fraction of sp³-hybridized carbons (Fsp3) is 1.00. The molecule has 1 saturated heterocycles. The van der Waals surface area contributed by atoms with Gasteiger partial charge in [0, 0.05) is 18.4 Å². The Morgan fingerprint density at radius 3 is 2.37 bits per heavy atom. The molecule has 19 heavy (non-hydrogen) atoms. The van der Waals surface area contributed by atoms with Crippen molar-refractivity contribution in [1.29, 1.82) is 0 Å². The first-order valence-corrected chi connectivity index (χ1v) is 8.42. The Morgan fingerprint density at radius 2 is 1.79 bits per heavy atom. The van der Waals surface area contributed by atoms with Gasteiger partial charge in [-0.15, -0.1) is 0 Å². The first-order valence-electron chi connectivity index (χ1n) is 7.30. The second kappa shape index (κ2) is 6.33. The van der Waals surface area contributed by atoms with Crippen LogP contribution in [-0.4, -0.2) is 36.0 Å². The minimum atomic E-state index is -4.02. The number of halogens is 4. The van der Waals surface area contributed by atoms with Crippen LogP contribution in [0.1, 0.15) is 44.9 Å². The molecule has 0 N–H and O–H groups in total. The molecule has 0 aromatic heterocycles. The molecule has 1 aliphatic carbocycles. The van der Waals surface area contributed by atoms with E-state index in [1.165, 1.54) is 19.3 Å². The lowest BCUT2D eigenvalue weighted by Crippen LogP contribution is -2.47. The summed E-state index contributed by atoms with van der Waals surface area (Å²) in [6.45, 7) is 1.88. The highest BCUT2D eigenvalue weighted by Gasteiger charge is 2.43. The standard InChI is InChI=1S/C14H23BrF3N/c15-10-13(6-2-1-3-7-13)11-19-8-4-5-12(9-19)14(16,17)18/h12H,1-11H2. The van der Waals surface area contributed by atoms with Gasteiger partial charge in [0.15, 0.2) is 0 Å². The Morgan fingerprint density at radius 1 is 1.11 bits per heavy atom. The van der Waals surface area contributed by atoms with E-state index in [4.69, 9.17) is 0 Å². The van der Waals surface area contributed by atoms with E-state index < -0.39 is 12.1 Å². The maximum Gasteiger partial charge on any atom is 0.393 e. The van der Waals surface area contributed by atoms with Gasteiger partial charge in [0.2, 0.25) is 0 Å². The predicted molar refractivity (Wildman–Crippen MR) is 74.5 cm³/mol. The Balaban J connectivity index is 1.94. The van der Waals surface area contributed by atoms with Crippen LogP contribution in [0.5, 0.6) is 0 Å². The topological polar surface area (TPSA) is 3.24 Å². The number of piperidine rings is 1. The maximum atomic E-state index is 12.8. The van der Waals surface area contributed by atoms with Crippen molar-refractivity contribution in [3.8, 4) is 0 Å². The van der Waals surface area contributed by atoms with Crippen LogP contribution in [0, 0.1) is 11.3 Å². The van der Waals surface area contributed by atoms with Gasteiger partial charge in [0.25, 0.3) is 0 Å². The predicted octanol–water partition coefficient (Wildman–Crippen LogP) is 4.61. The minimum Gasteiger partial charge on any atom is -0.302 e. The fourth-order valence-electron chi connectivity index (χ4n) is 3.58. The summed E-state index contributed by atoms with van der Waals surface area (Å²) in [5, 5.41) is 0.924. The van der Waals surface area contributed by atoms with Gasteiger partial charge in [-0.05, 0) is 37.6 Å². The van der Waals surface area contributed by atoms with Crippen molar-refractivity contribution in [1.82, 2.24) is 4.90 Å². The zero-order valence-corrected chi connectivity index (χ0v) is 12.9. The highest BCUT2D eigenvalue weighted by molar-refractivity contribution is 9.09. The fourth-order valence-corrected chi connectivity index (χ4v) is 4.31. The number of alkyl halides is 4. The van der Waals surface area contributed by atoms with E-state index in [1.807, 2.05) is 0 Å². The van der Waals surface area contributed by atoms with Crippen molar-refractivity contribution in [3.05, 3.63) is 0 Å². The van der Waals surface area contributed by atoms with Crippen LogP contribution < -0.4 is 0 Å². The van der Waals surface area contributed by atoms with E-state index in [1.54, 1.807) is 0 Å². The normalized spacial score (nSPS) is 29.4. The molecular weight excluding hydrogens is 319 g/mol. The molecule has 0 spiro atoms. The summed E-state index contributed by atoms with van der Waals surface area (Å²) in [5.41, 5.74) is 0.214. The Bertz CT molecular complexity index is 287. The van der Waals surface area contributed by atoms with Crippen LogP contribution in [0.3, 0.4) is 0 Å². The minimum absolute atomic E-state index is 0.207. The first kappa shape index (κ1) is 15.6. The average Bonchev–Trinajstić information content (AvgIpc) is 2.39. The van der Waals surface area contributed by atoms with Gasteiger partial charge in [-0.1, -0.05) is 35.2 Å². The van der Waals surface area contributed by atoms with Crippen molar-refractivity contribution in [2.75, 3.05) is 25.0 Å². The van der Waals surface area contributed by atoms with E-state index in [-0.39, 0.29) is 12.0 Å². The van der Waals surface area contributed by atoms with E-state index in [0.717, 1.165) is 31.3 Å². The van der Waals surface area contributed by atoms with Crippen molar-refractivity contribution >= 4 is 15.9 Å². The van der Waals surface area contributed by atoms with Crippen LogP contribution >= 0.6 is 15.9 Å². The zero-order chi connectivity index (χ0) is 13.9. The maximum absolute atomic E-state index is 12.8. The Labute approximate surface area is 122 Å². The lowest BCUT2D eigenvalue weighted by Gasteiger charge is -2.43. The molecule has 0 aromatic rings. The zero-order valence-electron chi connectivity index (χ0n) is 11.3. The number of nitrogens with zero attached hydrogens (tertiary/aromatic N) is 1. The van der Waals surface area contributed by atoms with Gasteiger partial charge in [-0.25, -0.2) is 0 Å².